The minimum absolute atomic E-state index is 0.0826. The van der Waals surface area contributed by atoms with Gasteiger partial charge in [0.1, 0.15) is 0 Å². The lowest BCUT2D eigenvalue weighted by molar-refractivity contribution is 0.478. The Labute approximate surface area is 150 Å². The molecule has 0 spiro atoms. The zero-order chi connectivity index (χ0) is 17.9. The summed E-state index contributed by atoms with van der Waals surface area (Å²) in [5, 5.41) is 0. The lowest BCUT2D eigenvalue weighted by Crippen LogP contribution is -2.03. The second-order valence-electron chi connectivity index (χ2n) is 7.09. The zero-order valence-corrected chi connectivity index (χ0v) is 16.5. The van der Waals surface area contributed by atoms with Crippen LogP contribution in [0.3, 0.4) is 0 Å². The van der Waals surface area contributed by atoms with Gasteiger partial charge < -0.3 is 5.73 Å². The molecule has 0 saturated heterocycles. The molecule has 0 aromatic carbocycles. The molecule has 146 valence electrons. The van der Waals surface area contributed by atoms with Crippen molar-refractivity contribution in [2.75, 3.05) is 12.3 Å². The Morgan fingerprint density at radius 2 is 0.750 bits per heavy atom. The standard InChI is InChI=1S/C19H41NO3S/c20-18-16-14-12-10-8-6-4-2-1-3-5-7-9-11-13-15-17-19-24(21,22)23/h1-20H2,(H,21,22,23). The molecule has 0 rings (SSSR count). The van der Waals surface area contributed by atoms with E-state index in [1.54, 1.807) is 0 Å². The molecular formula is C19H41NO3S. The fourth-order valence-electron chi connectivity index (χ4n) is 3.08. The van der Waals surface area contributed by atoms with E-state index in [0.717, 1.165) is 19.4 Å². The van der Waals surface area contributed by atoms with E-state index in [4.69, 9.17) is 10.3 Å². The van der Waals surface area contributed by atoms with Crippen LogP contribution in [0, 0.1) is 0 Å². The quantitative estimate of drug-likeness (QED) is 0.236. The van der Waals surface area contributed by atoms with E-state index in [2.05, 4.69) is 0 Å². The number of unbranched alkanes of at least 4 members (excludes halogenated alkanes) is 16. The van der Waals surface area contributed by atoms with Gasteiger partial charge >= 0.3 is 0 Å². The maximum atomic E-state index is 10.6. The summed E-state index contributed by atoms with van der Waals surface area (Å²) >= 11 is 0. The van der Waals surface area contributed by atoms with Crippen LogP contribution in [0.4, 0.5) is 0 Å². The molecule has 3 N–H and O–H groups in total. The fourth-order valence-corrected chi connectivity index (χ4v) is 3.65. The predicted molar refractivity (Wildman–Crippen MR) is 104 cm³/mol. The summed E-state index contributed by atoms with van der Waals surface area (Å²) < 4.78 is 29.7. The molecule has 0 aliphatic rings. The normalized spacial score (nSPS) is 11.9. The molecule has 0 radical (unpaired) electrons. The number of hydrogen-bond donors (Lipinski definition) is 2. The molecule has 24 heavy (non-hydrogen) atoms. The SMILES string of the molecule is NCCCCCCCCCCCCCCCCCCCS(=O)(=O)O. The molecule has 0 unspecified atom stereocenters. The highest BCUT2D eigenvalue weighted by Crippen LogP contribution is 2.14. The van der Waals surface area contributed by atoms with Crippen LogP contribution >= 0.6 is 0 Å². The lowest BCUT2D eigenvalue weighted by Gasteiger charge is -2.03. The Morgan fingerprint density at radius 3 is 1.00 bits per heavy atom. The van der Waals surface area contributed by atoms with E-state index in [-0.39, 0.29) is 5.75 Å². The summed E-state index contributed by atoms with van der Waals surface area (Å²) in [6, 6.07) is 0. The topological polar surface area (TPSA) is 80.4 Å². The van der Waals surface area contributed by atoms with Crippen molar-refractivity contribution >= 4 is 10.1 Å². The van der Waals surface area contributed by atoms with E-state index in [1.807, 2.05) is 0 Å². The van der Waals surface area contributed by atoms with Crippen LogP contribution in [0.1, 0.15) is 109 Å². The molecule has 0 saturated carbocycles. The van der Waals surface area contributed by atoms with Crippen molar-refractivity contribution in [3.8, 4) is 0 Å². The molecule has 0 atom stereocenters. The van der Waals surface area contributed by atoms with Crippen molar-refractivity contribution in [1.82, 2.24) is 0 Å². The summed E-state index contributed by atoms with van der Waals surface area (Å²) in [6.45, 7) is 0.841. The Balaban J connectivity index is 3.03. The van der Waals surface area contributed by atoms with Gasteiger partial charge in [0, 0.05) is 0 Å². The van der Waals surface area contributed by atoms with E-state index >= 15 is 0 Å². The monoisotopic (exact) mass is 363 g/mol. The molecule has 0 fully saturated rings. The molecule has 0 heterocycles. The first-order valence-corrected chi connectivity index (χ1v) is 11.8. The van der Waals surface area contributed by atoms with Crippen molar-refractivity contribution in [2.45, 2.75) is 109 Å². The lowest BCUT2D eigenvalue weighted by atomic mass is 10.0. The summed E-state index contributed by atoms with van der Waals surface area (Å²) in [7, 11) is -3.75. The minimum atomic E-state index is -3.75. The van der Waals surface area contributed by atoms with Gasteiger partial charge in [-0.15, -0.1) is 0 Å². The van der Waals surface area contributed by atoms with Crippen LogP contribution in [0.25, 0.3) is 0 Å². The highest BCUT2D eigenvalue weighted by molar-refractivity contribution is 7.85. The minimum Gasteiger partial charge on any atom is -0.330 e. The average Bonchev–Trinajstić information content (AvgIpc) is 2.52. The first kappa shape index (κ1) is 23.9. The molecule has 4 nitrogen and oxygen atoms in total. The van der Waals surface area contributed by atoms with Crippen LogP contribution in [-0.4, -0.2) is 25.3 Å². The van der Waals surface area contributed by atoms with Crippen molar-refractivity contribution in [3.63, 3.8) is 0 Å². The Bertz CT molecular complexity index is 345. The first-order valence-electron chi connectivity index (χ1n) is 10.2. The predicted octanol–water partition coefficient (Wildman–Crippen LogP) is 5.46. The molecule has 5 heteroatoms. The molecule has 0 aliphatic heterocycles. The van der Waals surface area contributed by atoms with Crippen LogP contribution in [-0.2, 0) is 10.1 Å². The Hall–Kier alpha value is -0.130. The maximum absolute atomic E-state index is 10.6. The zero-order valence-electron chi connectivity index (χ0n) is 15.7. The summed E-state index contributed by atoms with van der Waals surface area (Å²) in [6.07, 6.45) is 21.2. The number of nitrogens with two attached hydrogens (primary N) is 1. The van der Waals surface area contributed by atoms with Crippen molar-refractivity contribution in [2.24, 2.45) is 5.73 Å². The Kier molecular flexibility index (Phi) is 17.6. The molecule has 0 amide bonds. The van der Waals surface area contributed by atoms with Gasteiger partial charge in [-0.05, 0) is 19.4 Å². The van der Waals surface area contributed by atoms with Crippen LogP contribution in [0.5, 0.6) is 0 Å². The second-order valence-corrected chi connectivity index (χ2v) is 8.66. The van der Waals surface area contributed by atoms with Crippen LogP contribution in [0.2, 0.25) is 0 Å². The van der Waals surface area contributed by atoms with Crippen LogP contribution in [0.15, 0.2) is 0 Å². The smallest absolute Gasteiger partial charge is 0.264 e. The molecule has 0 aromatic rings. The van der Waals surface area contributed by atoms with Gasteiger partial charge in [0.2, 0.25) is 0 Å². The van der Waals surface area contributed by atoms with E-state index < -0.39 is 10.1 Å². The third-order valence-electron chi connectivity index (χ3n) is 4.61. The third kappa shape index (κ3) is 21.9. The summed E-state index contributed by atoms with van der Waals surface area (Å²) in [5.41, 5.74) is 5.48. The summed E-state index contributed by atoms with van der Waals surface area (Å²) in [5.74, 6) is -0.0826. The van der Waals surface area contributed by atoms with Gasteiger partial charge in [-0.3, -0.25) is 4.55 Å². The fraction of sp³-hybridized carbons (Fsp3) is 1.00. The van der Waals surface area contributed by atoms with Gasteiger partial charge in [0.05, 0.1) is 5.75 Å². The van der Waals surface area contributed by atoms with Crippen molar-refractivity contribution in [1.29, 1.82) is 0 Å². The van der Waals surface area contributed by atoms with Gasteiger partial charge in [0.15, 0.2) is 0 Å². The van der Waals surface area contributed by atoms with Gasteiger partial charge in [-0.1, -0.05) is 96.3 Å². The van der Waals surface area contributed by atoms with Gasteiger partial charge in [-0.25, -0.2) is 0 Å². The molecular weight excluding hydrogens is 322 g/mol. The number of rotatable bonds is 19. The highest BCUT2D eigenvalue weighted by Gasteiger charge is 2.02. The number of hydrogen-bond acceptors (Lipinski definition) is 3. The molecule has 0 aromatic heterocycles. The van der Waals surface area contributed by atoms with Crippen LogP contribution < -0.4 is 5.73 Å². The highest BCUT2D eigenvalue weighted by atomic mass is 32.2. The van der Waals surface area contributed by atoms with Crippen molar-refractivity contribution < 1.29 is 13.0 Å². The van der Waals surface area contributed by atoms with E-state index in [9.17, 15) is 8.42 Å². The largest absolute Gasteiger partial charge is 0.330 e. The molecule has 0 aliphatic carbocycles. The first-order chi connectivity index (χ1) is 11.6. The van der Waals surface area contributed by atoms with Gasteiger partial charge in [0.25, 0.3) is 10.1 Å². The summed E-state index contributed by atoms with van der Waals surface area (Å²) in [4.78, 5) is 0. The van der Waals surface area contributed by atoms with E-state index in [0.29, 0.717) is 6.42 Å². The average molecular weight is 364 g/mol. The second kappa shape index (κ2) is 17.7. The van der Waals surface area contributed by atoms with Gasteiger partial charge in [-0.2, -0.15) is 8.42 Å². The Morgan fingerprint density at radius 1 is 0.500 bits per heavy atom. The van der Waals surface area contributed by atoms with Crippen molar-refractivity contribution in [3.05, 3.63) is 0 Å². The third-order valence-corrected chi connectivity index (χ3v) is 5.41. The maximum Gasteiger partial charge on any atom is 0.264 e. The molecule has 0 bridgehead atoms. The van der Waals surface area contributed by atoms with E-state index in [1.165, 1.54) is 89.9 Å².